The van der Waals surface area contributed by atoms with Crippen molar-refractivity contribution in [1.82, 2.24) is 0 Å². The summed E-state index contributed by atoms with van der Waals surface area (Å²) in [6, 6.07) is 19.3. The zero-order valence-corrected chi connectivity index (χ0v) is 13.3. The molecule has 0 aliphatic rings. The molecule has 0 radical (unpaired) electrons. The van der Waals surface area contributed by atoms with Gasteiger partial charge in [0.15, 0.2) is 0 Å². The van der Waals surface area contributed by atoms with Crippen molar-refractivity contribution in [2.45, 2.75) is 39.0 Å². The molecule has 116 valence electrons. The van der Waals surface area contributed by atoms with Crippen LogP contribution in [0.15, 0.2) is 54.6 Å². The summed E-state index contributed by atoms with van der Waals surface area (Å²) >= 11 is 0. The highest BCUT2D eigenvalue weighted by Crippen LogP contribution is 2.11. The van der Waals surface area contributed by atoms with Crippen molar-refractivity contribution in [2.24, 2.45) is 0 Å². The topological polar surface area (TPSA) is 26.3 Å². The molecular weight excluding hydrogens is 272 g/mol. The van der Waals surface area contributed by atoms with Crippen molar-refractivity contribution in [2.75, 3.05) is 6.61 Å². The molecule has 0 bridgehead atoms. The SMILES string of the molecule is CCOC(=O)CCCc1ccc(CCc2ccccc2)cc1. The smallest absolute Gasteiger partial charge is 0.305 e. The quantitative estimate of drug-likeness (QED) is 0.677. The van der Waals surface area contributed by atoms with Gasteiger partial charge in [0, 0.05) is 6.42 Å². The van der Waals surface area contributed by atoms with Gasteiger partial charge in [0.2, 0.25) is 0 Å². The lowest BCUT2D eigenvalue weighted by atomic mass is 10.0. The van der Waals surface area contributed by atoms with Gasteiger partial charge < -0.3 is 4.74 Å². The predicted molar refractivity (Wildman–Crippen MR) is 89.9 cm³/mol. The molecule has 0 saturated heterocycles. The van der Waals surface area contributed by atoms with Crippen LogP contribution in [0.2, 0.25) is 0 Å². The first-order valence-corrected chi connectivity index (χ1v) is 8.05. The molecule has 22 heavy (non-hydrogen) atoms. The molecule has 0 fully saturated rings. The lowest BCUT2D eigenvalue weighted by Crippen LogP contribution is -2.04. The maximum atomic E-state index is 11.3. The molecule has 0 spiro atoms. The molecule has 0 saturated carbocycles. The second-order valence-electron chi connectivity index (χ2n) is 5.46. The van der Waals surface area contributed by atoms with Gasteiger partial charge in [-0.1, -0.05) is 54.6 Å². The average molecular weight is 296 g/mol. The van der Waals surface area contributed by atoms with Gasteiger partial charge in [-0.25, -0.2) is 0 Å². The summed E-state index contributed by atoms with van der Waals surface area (Å²) in [5.41, 5.74) is 4.02. The standard InChI is InChI=1S/C20H24O2/c1-2-22-20(21)10-6-9-18-12-15-19(16-13-18)14-11-17-7-4-3-5-8-17/h3-5,7-8,12-13,15-16H,2,6,9-11,14H2,1H3. The van der Waals surface area contributed by atoms with Crippen LogP contribution in [0.25, 0.3) is 0 Å². The lowest BCUT2D eigenvalue weighted by Gasteiger charge is -2.05. The minimum Gasteiger partial charge on any atom is -0.466 e. The molecular formula is C20H24O2. The lowest BCUT2D eigenvalue weighted by molar-refractivity contribution is -0.143. The second-order valence-corrected chi connectivity index (χ2v) is 5.46. The summed E-state index contributed by atoms with van der Waals surface area (Å²) in [4.78, 5) is 11.3. The minimum atomic E-state index is -0.0954. The summed E-state index contributed by atoms with van der Waals surface area (Å²) in [6.45, 7) is 2.31. The van der Waals surface area contributed by atoms with Crippen LogP contribution in [0, 0.1) is 0 Å². The summed E-state index contributed by atoms with van der Waals surface area (Å²) in [5.74, 6) is -0.0954. The van der Waals surface area contributed by atoms with E-state index in [-0.39, 0.29) is 5.97 Å². The van der Waals surface area contributed by atoms with E-state index < -0.39 is 0 Å². The van der Waals surface area contributed by atoms with Gasteiger partial charge in [0.1, 0.15) is 0 Å². The fraction of sp³-hybridized carbons (Fsp3) is 0.350. The van der Waals surface area contributed by atoms with E-state index in [1.54, 1.807) is 0 Å². The van der Waals surface area contributed by atoms with Gasteiger partial charge in [-0.05, 0) is 49.3 Å². The van der Waals surface area contributed by atoms with E-state index in [4.69, 9.17) is 4.74 Å². The van der Waals surface area contributed by atoms with Crippen molar-refractivity contribution in [1.29, 1.82) is 0 Å². The second kappa shape index (κ2) is 9.04. The summed E-state index contributed by atoms with van der Waals surface area (Å²) < 4.78 is 4.93. The van der Waals surface area contributed by atoms with Crippen LogP contribution in [0.3, 0.4) is 0 Å². The minimum absolute atomic E-state index is 0.0954. The number of aryl methyl sites for hydroxylation is 3. The Labute approximate surface area is 133 Å². The molecule has 2 aromatic rings. The number of carbonyl (C=O) groups excluding carboxylic acids is 1. The summed E-state index contributed by atoms with van der Waals surface area (Å²) in [6.07, 6.45) is 4.42. The highest BCUT2D eigenvalue weighted by atomic mass is 16.5. The molecule has 0 heterocycles. The molecule has 0 amide bonds. The largest absolute Gasteiger partial charge is 0.466 e. The van der Waals surface area contributed by atoms with Crippen molar-refractivity contribution in [3.05, 3.63) is 71.3 Å². The Kier molecular flexibility index (Phi) is 6.69. The number of esters is 1. The molecule has 0 aromatic heterocycles. The Balaban J connectivity index is 1.74. The van der Waals surface area contributed by atoms with Crippen LogP contribution in [0.4, 0.5) is 0 Å². The van der Waals surface area contributed by atoms with E-state index in [0.29, 0.717) is 13.0 Å². The zero-order valence-electron chi connectivity index (χ0n) is 13.3. The predicted octanol–water partition coefficient (Wildman–Crippen LogP) is 4.36. The maximum absolute atomic E-state index is 11.3. The van der Waals surface area contributed by atoms with Crippen LogP contribution in [-0.4, -0.2) is 12.6 Å². The van der Waals surface area contributed by atoms with Crippen molar-refractivity contribution in [3.8, 4) is 0 Å². The number of ether oxygens (including phenoxy) is 1. The highest BCUT2D eigenvalue weighted by molar-refractivity contribution is 5.69. The van der Waals surface area contributed by atoms with E-state index in [2.05, 4.69) is 54.6 Å². The number of carbonyl (C=O) groups is 1. The Hall–Kier alpha value is -2.09. The molecule has 0 aliphatic carbocycles. The van der Waals surface area contributed by atoms with E-state index in [0.717, 1.165) is 25.7 Å². The van der Waals surface area contributed by atoms with Gasteiger partial charge in [0.25, 0.3) is 0 Å². The third-order valence-corrected chi connectivity index (χ3v) is 3.72. The van der Waals surface area contributed by atoms with E-state index in [1.165, 1.54) is 16.7 Å². The van der Waals surface area contributed by atoms with Crippen LogP contribution in [0.1, 0.15) is 36.5 Å². The average Bonchev–Trinajstić information content (AvgIpc) is 2.55. The molecule has 0 atom stereocenters. The van der Waals surface area contributed by atoms with Gasteiger partial charge in [-0.15, -0.1) is 0 Å². The first kappa shape index (κ1) is 16.3. The normalized spacial score (nSPS) is 10.4. The first-order valence-electron chi connectivity index (χ1n) is 8.05. The molecule has 0 N–H and O–H groups in total. The van der Waals surface area contributed by atoms with E-state index in [1.807, 2.05) is 6.92 Å². The number of hydrogen-bond donors (Lipinski definition) is 0. The third kappa shape index (κ3) is 5.72. The van der Waals surface area contributed by atoms with Crippen molar-refractivity contribution < 1.29 is 9.53 Å². The Morgan fingerprint density at radius 2 is 1.36 bits per heavy atom. The van der Waals surface area contributed by atoms with E-state index in [9.17, 15) is 4.79 Å². The fourth-order valence-electron chi connectivity index (χ4n) is 2.48. The highest BCUT2D eigenvalue weighted by Gasteiger charge is 2.02. The molecule has 2 rings (SSSR count). The van der Waals surface area contributed by atoms with Crippen LogP contribution in [-0.2, 0) is 28.8 Å². The summed E-state index contributed by atoms with van der Waals surface area (Å²) in [5, 5.41) is 0. The maximum Gasteiger partial charge on any atom is 0.305 e. The monoisotopic (exact) mass is 296 g/mol. The van der Waals surface area contributed by atoms with Gasteiger partial charge in [-0.2, -0.15) is 0 Å². The third-order valence-electron chi connectivity index (χ3n) is 3.72. The number of rotatable bonds is 8. The fourth-order valence-corrected chi connectivity index (χ4v) is 2.48. The van der Waals surface area contributed by atoms with Crippen molar-refractivity contribution in [3.63, 3.8) is 0 Å². The van der Waals surface area contributed by atoms with Gasteiger partial charge >= 0.3 is 5.97 Å². The number of benzene rings is 2. The van der Waals surface area contributed by atoms with Gasteiger partial charge in [-0.3, -0.25) is 4.79 Å². The molecule has 0 aliphatic heterocycles. The van der Waals surface area contributed by atoms with Crippen LogP contribution in [0.5, 0.6) is 0 Å². The molecule has 2 heteroatoms. The Bertz CT molecular complexity index is 558. The molecule has 0 unspecified atom stereocenters. The summed E-state index contributed by atoms with van der Waals surface area (Å²) in [7, 11) is 0. The first-order chi connectivity index (χ1) is 10.8. The Morgan fingerprint density at radius 3 is 1.95 bits per heavy atom. The Morgan fingerprint density at radius 1 is 0.818 bits per heavy atom. The molecule has 2 aromatic carbocycles. The van der Waals surface area contributed by atoms with Crippen LogP contribution >= 0.6 is 0 Å². The van der Waals surface area contributed by atoms with Crippen molar-refractivity contribution >= 4 is 5.97 Å². The van der Waals surface area contributed by atoms with E-state index >= 15 is 0 Å². The zero-order chi connectivity index (χ0) is 15.6. The van der Waals surface area contributed by atoms with Gasteiger partial charge in [0.05, 0.1) is 6.61 Å². The van der Waals surface area contributed by atoms with Crippen LogP contribution < -0.4 is 0 Å². The molecule has 2 nitrogen and oxygen atoms in total. The number of hydrogen-bond acceptors (Lipinski definition) is 2.